The van der Waals surface area contributed by atoms with Gasteiger partial charge in [-0.3, -0.25) is 0 Å². The van der Waals surface area contributed by atoms with Gasteiger partial charge in [-0.25, -0.2) is 0 Å². The van der Waals surface area contributed by atoms with Crippen LogP contribution in [0.1, 0.15) is 46.5 Å². The molecule has 1 unspecified atom stereocenters. The Bertz CT molecular complexity index is 1740. The number of hydrogen-bond acceptors (Lipinski definition) is 2. The topological polar surface area (TPSA) is 26.0 Å². The average Bonchev–Trinajstić information content (AvgIpc) is 3.60. The lowest BCUT2D eigenvalue weighted by molar-refractivity contribution is 0.767. The SMILES string of the molecule is C1=CC2=Cc3sc4c(-c5cccc(C6(c7ccccc7)c7ccccc76)c5)cccc4c3CC2C=C1.CC.CN. The zero-order valence-corrected chi connectivity index (χ0v) is 24.2. The van der Waals surface area contributed by atoms with Crippen LogP contribution in [0.15, 0.2) is 127 Å². The number of thiophene rings is 1. The molecule has 0 fully saturated rings. The first-order chi connectivity index (χ1) is 19.8. The summed E-state index contributed by atoms with van der Waals surface area (Å²) < 4.78 is 1.41. The average molecular weight is 538 g/mol. The van der Waals surface area contributed by atoms with Crippen LogP contribution in [0.4, 0.5) is 0 Å². The summed E-state index contributed by atoms with van der Waals surface area (Å²) in [5.41, 5.74) is 15.5. The second kappa shape index (κ2) is 10.9. The molecule has 40 heavy (non-hydrogen) atoms. The summed E-state index contributed by atoms with van der Waals surface area (Å²) >= 11 is 1.96. The second-order valence-corrected chi connectivity index (χ2v) is 11.1. The lowest BCUT2D eigenvalue weighted by Gasteiger charge is -2.21. The fourth-order valence-corrected chi connectivity index (χ4v) is 7.83. The molecule has 0 bridgehead atoms. The molecule has 0 saturated carbocycles. The maximum atomic E-state index is 4.50. The Labute approximate surface area is 242 Å². The molecular weight excluding hydrogens is 502 g/mol. The van der Waals surface area contributed by atoms with E-state index in [0.717, 1.165) is 6.42 Å². The summed E-state index contributed by atoms with van der Waals surface area (Å²) in [6.07, 6.45) is 12.5. The number of benzene rings is 4. The number of rotatable bonds is 3. The van der Waals surface area contributed by atoms with Crippen LogP contribution in [0.25, 0.3) is 27.3 Å². The summed E-state index contributed by atoms with van der Waals surface area (Å²) in [6, 6.07) is 36.0. The highest BCUT2D eigenvalue weighted by atomic mass is 32.1. The summed E-state index contributed by atoms with van der Waals surface area (Å²) in [6.45, 7) is 4.00. The van der Waals surface area contributed by atoms with Gasteiger partial charge < -0.3 is 5.73 Å². The van der Waals surface area contributed by atoms with Crippen molar-refractivity contribution < 1.29 is 0 Å². The molecule has 1 heterocycles. The number of allylic oxidation sites excluding steroid dienone is 5. The van der Waals surface area contributed by atoms with Gasteiger partial charge in [0.05, 0.1) is 5.41 Å². The van der Waals surface area contributed by atoms with Crippen molar-refractivity contribution >= 4 is 27.5 Å². The Morgan fingerprint density at radius 2 is 1.45 bits per heavy atom. The Hall–Kier alpha value is -3.98. The zero-order valence-electron chi connectivity index (χ0n) is 23.4. The van der Waals surface area contributed by atoms with Gasteiger partial charge in [0.1, 0.15) is 0 Å². The molecule has 4 aromatic carbocycles. The summed E-state index contributed by atoms with van der Waals surface area (Å²) in [4.78, 5) is 1.43. The van der Waals surface area contributed by atoms with Gasteiger partial charge in [-0.2, -0.15) is 0 Å². The van der Waals surface area contributed by atoms with Crippen molar-refractivity contribution in [2.45, 2.75) is 25.7 Å². The van der Waals surface area contributed by atoms with E-state index in [1.807, 2.05) is 25.2 Å². The van der Waals surface area contributed by atoms with E-state index < -0.39 is 0 Å². The molecular formula is C38H35NS. The first-order valence-electron chi connectivity index (χ1n) is 14.3. The Balaban J connectivity index is 0.000000694. The third-order valence-electron chi connectivity index (χ3n) is 8.23. The van der Waals surface area contributed by atoms with Gasteiger partial charge in [0.2, 0.25) is 0 Å². The molecule has 1 atom stereocenters. The minimum atomic E-state index is -0.137. The Morgan fingerprint density at radius 3 is 2.23 bits per heavy atom. The van der Waals surface area contributed by atoms with Gasteiger partial charge in [-0.1, -0.05) is 129 Å². The van der Waals surface area contributed by atoms with Gasteiger partial charge >= 0.3 is 0 Å². The molecule has 0 radical (unpaired) electrons. The van der Waals surface area contributed by atoms with E-state index in [4.69, 9.17) is 0 Å². The highest BCUT2D eigenvalue weighted by Gasteiger charge is 2.52. The molecule has 0 aliphatic heterocycles. The zero-order chi connectivity index (χ0) is 27.7. The maximum absolute atomic E-state index is 4.50. The van der Waals surface area contributed by atoms with Crippen LogP contribution >= 0.6 is 11.3 Å². The van der Waals surface area contributed by atoms with E-state index in [9.17, 15) is 0 Å². The molecule has 3 aliphatic carbocycles. The first-order valence-corrected chi connectivity index (χ1v) is 15.1. The van der Waals surface area contributed by atoms with Gasteiger partial charge in [0.15, 0.2) is 0 Å². The predicted octanol–water partition coefficient (Wildman–Crippen LogP) is 9.55. The minimum absolute atomic E-state index is 0.137. The van der Waals surface area contributed by atoms with E-state index >= 15 is 0 Å². The molecule has 0 amide bonds. The summed E-state index contributed by atoms with van der Waals surface area (Å²) in [5.74, 6) is 0.506. The third-order valence-corrected chi connectivity index (χ3v) is 9.46. The van der Waals surface area contributed by atoms with Crippen LogP contribution < -0.4 is 5.73 Å². The van der Waals surface area contributed by atoms with Gasteiger partial charge in [0.25, 0.3) is 0 Å². The highest BCUT2D eigenvalue weighted by molar-refractivity contribution is 7.20. The molecule has 2 N–H and O–H groups in total. The Morgan fingerprint density at radius 1 is 0.750 bits per heavy atom. The van der Waals surface area contributed by atoms with Gasteiger partial charge in [-0.05, 0) is 75.5 Å². The minimum Gasteiger partial charge on any atom is -0.333 e. The second-order valence-electron chi connectivity index (χ2n) is 10.1. The van der Waals surface area contributed by atoms with E-state index in [0.29, 0.717) is 5.92 Å². The van der Waals surface area contributed by atoms with Crippen LogP contribution in [0, 0.1) is 5.92 Å². The fourth-order valence-electron chi connectivity index (χ4n) is 6.51. The molecule has 3 aliphatic rings. The maximum Gasteiger partial charge on any atom is 0.0708 e. The van der Waals surface area contributed by atoms with Crippen molar-refractivity contribution in [1.82, 2.24) is 0 Å². The van der Waals surface area contributed by atoms with Crippen molar-refractivity contribution in [3.63, 3.8) is 0 Å². The molecule has 0 spiro atoms. The van der Waals surface area contributed by atoms with Crippen molar-refractivity contribution in [2.75, 3.05) is 7.05 Å². The number of fused-ring (bicyclic) bond motifs is 5. The number of hydrogen-bond donors (Lipinski definition) is 1. The van der Waals surface area contributed by atoms with Crippen molar-refractivity contribution in [2.24, 2.45) is 11.7 Å². The Kier molecular flexibility index (Phi) is 7.14. The highest BCUT2D eigenvalue weighted by Crippen LogP contribution is 2.59. The van der Waals surface area contributed by atoms with Gasteiger partial charge in [-0.15, -0.1) is 11.3 Å². The molecule has 1 aromatic heterocycles. The third kappa shape index (κ3) is 4.02. The molecule has 1 nitrogen and oxygen atoms in total. The van der Waals surface area contributed by atoms with Crippen LogP contribution in [-0.2, 0) is 11.8 Å². The standard InChI is InChI=1S/C35H24S.C2H6.CH5N/c1-2-13-26(14-3-1)35(31-18-6-7-19-32(31)35)27-15-8-12-25(20-27)28-16-9-17-29-30-21-23-10-4-5-11-24(23)22-33(30)36-34(28)29;2*1-2/h1-20,22-23H,21H2;1-2H3;2H2,1H3. The van der Waals surface area contributed by atoms with Gasteiger partial charge in [0, 0.05) is 15.5 Å². The predicted molar refractivity (Wildman–Crippen MR) is 174 cm³/mol. The molecule has 0 saturated heterocycles. The summed E-state index contributed by atoms with van der Waals surface area (Å²) in [5, 5.41) is 1.42. The normalized spacial score (nSPS) is 16.8. The molecule has 5 aromatic rings. The largest absolute Gasteiger partial charge is 0.333 e. The fraction of sp³-hybridized carbons (Fsp3) is 0.158. The lowest BCUT2D eigenvalue weighted by atomic mass is 9.82. The van der Waals surface area contributed by atoms with Crippen molar-refractivity contribution in [1.29, 1.82) is 0 Å². The van der Waals surface area contributed by atoms with Crippen LogP contribution in [0.5, 0.6) is 0 Å². The van der Waals surface area contributed by atoms with E-state index in [1.54, 1.807) is 0 Å². The summed E-state index contributed by atoms with van der Waals surface area (Å²) in [7, 11) is 1.50. The molecule has 2 heteroatoms. The monoisotopic (exact) mass is 537 g/mol. The van der Waals surface area contributed by atoms with E-state index in [-0.39, 0.29) is 5.41 Å². The number of nitrogens with two attached hydrogens (primary N) is 1. The first kappa shape index (κ1) is 26.3. The molecule has 198 valence electrons. The van der Waals surface area contributed by atoms with E-state index in [1.165, 1.54) is 66.5 Å². The quantitative estimate of drug-likeness (QED) is 0.239. The van der Waals surface area contributed by atoms with Crippen molar-refractivity contribution in [3.8, 4) is 11.1 Å². The van der Waals surface area contributed by atoms with Crippen LogP contribution in [-0.4, -0.2) is 7.05 Å². The van der Waals surface area contributed by atoms with Crippen molar-refractivity contribution in [3.05, 3.63) is 160 Å². The van der Waals surface area contributed by atoms with E-state index in [2.05, 4.69) is 133 Å². The van der Waals surface area contributed by atoms with Crippen LogP contribution in [0.2, 0.25) is 0 Å². The molecule has 8 rings (SSSR count). The smallest absolute Gasteiger partial charge is 0.0708 e. The lowest BCUT2D eigenvalue weighted by Crippen LogP contribution is -2.12. The van der Waals surface area contributed by atoms with Crippen LogP contribution in [0.3, 0.4) is 0 Å².